The number of nitrogen functional groups attached to an aromatic ring is 2. The Balaban J connectivity index is 1.58. The largest absolute Gasteiger partial charge is 0.497 e. The van der Waals surface area contributed by atoms with Crippen LogP contribution in [0, 0.1) is 13.8 Å². The number of anilines is 6. The summed E-state index contributed by atoms with van der Waals surface area (Å²) >= 11 is 9.25. The molecule has 0 spiro atoms. The molecule has 0 aliphatic rings. The van der Waals surface area contributed by atoms with Crippen LogP contribution >= 0.6 is 34.3 Å². The van der Waals surface area contributed by atoms with Crippen molar-refractivity contribution in [1.82, 2.24) is 29.9 Å². The molecule has 0 bridgehead atoms. The lowest BCUT2D eigenvalue weighted by Gasteiger charge is -2.35. The predicted molar refractivity (Wildman–Crippen MR) is 173 cm³/mol. The molecule has 0 aliphatic carbocycles. The maximum atomic E-state index is 6.52. The van der Waals surface area contributed by atoms with E-state index >= 15 is 0 Å². The second-order valence-corrected chi connectivity index (χ2v) is 11.7. The molecule has 0 fully saturated rings. The Bertz CT molecular complexity index is 1910. The lowest BCUT2D eigenvalue weighted by molar-refractivity contribution is 0.415. The SMILES string of the molecule is COc1ccc(N(c2nccc(-c3sc(N)nc3C)n2)N(c2cccc(Cl)c2)c2nccc(-c3sc(N)nc3C)n2)cc1. The van der Waals surface area contributed by atoms with Crippen LogP contribution in [0.3, 0.4) is 0 Å². The molecule has 4 aromatic heterocycles. The van der Waals surface area contributed by atoms with E-state index in [1.54, 1.807) is 25.6 Å². The average molecular weight is 629 g/mol. The van der Waals surface area contributed by atoms with Crippen LogP contribution in [0.25, 0.3) is 21.1 Å². The zero-order valence-corrected chi connectivity index (χ0v) is 25.7. The fourth-order valence-electron chi connectivity index (χ4n) is 4.44. The number of aryl methyl sites for hydroxylation is 2. The summed E-state index contributed by atoms with van der Waals surface area (Å²) in [7, 11) is 1.62. The van der Waals surface area contributed by atoms with Gasteiger partial charge in [-0.05, 0) is 68.4 Å². The Morgan fingerprint density at radius 2 is 1.23 bits per heavy atom. The van der Waals surface area contributed by atoms with Crippen LogP contribution in [0.5, 0.6) is 5.75 Å². The Kier molecular flexibility index (Phi) is 7.76. The van der Waals surface area contributed by atoms with E-state index in [2.05, 4.69) is 15.0 Å². The molecular weight excluding hydrogens is 604 g/mol. The van der Waals surface area contributed by atoms with Crippen molar-refractivity contribution >= 4 is 67.8 Å². The summed E-state index contributed by atoms with van der Waals surface area (Å²) in [5.41, 5.74) is 16.3. The van der Waals surface area contributed by atoms with E-state index in [1.807, 2.05) is 78.5 Å². The maximum Gasteiger partial charge on any atom is 0.250 e. The number of halogens is 1. The number of nitrogens with zero attached hydrogens (tertiary/aromatic N) is 8. The third-order valence-corrected chi connectivity index (χ3v) is 8.58. The summed E-state index contributed by atoms with van der Waals surface area (Å²) in [4.78, 5) is 29.8. The quantitative estimate of drug-likeness (QED) is 0.171. The number of hydrazine groups is 1. The molecule has 6 rings (SSSR count). The third-order valence-electron chi connectivity index (χ3n) is 6.33. The number of methoxy groups -OCH3 is 1. The van der Waals surface area contributed by atoms with Crippen LogP contribution in [-0.4, -0.2) is 37.0 Å². The first-order chi connectivity index (χ1) is 20.8. The minimum absolute atomic E-state index is 0.342. The van der Waals surface area contributed by atoms with Gasteiger partial charge in [0, 0.05) is 17.4 Å². The summed E-state index contributed by atoms with van der Waals surface area (Å²) in [5.74, 6) is 1.38. The number of hydrogen-bond donors (Lipinski definition) is 2. The Hall–Kier alpha value is -4.85. The monoisotopic (exact) mass is 628 g/mol. The molecule has 0 amide bonds. The van der Waals surface area contributed by atoms with Gasteiger partial charge in [0.2, 0.25) is 11.9 Å². The van der Waals surface area contributed by atoms with Crippen LogP contribution in [0.1, 0.15) is 11.4 Å². The first-order valence-electron chi connectivity index (χ1n) is 12.9. The molecule has 216 valence electrons. The fraction of sp³-hybridized carbons (Fsp3) is 0.103. The smallest absolute Gasteiger partial charge is 0.250 e. The molecular formula is C29H25ClN10OS2. The van der Waals surface area contributed by atoms with Crippen molar-refractivity contribution in [2.24, 2.45) is 0 Å². The molecule has 0 aliphatic heterocycles. The van der Waals surface area contributed by atoms with E-state index in [0.29, 0.717) is 55.7 Å². The Labute approximate surface area is 260 Å². The highest BCUT2D eigenvalue weighted by Crippen LogP contribution is 2.38. The standard InChI is InChI=1S/C29H25ClN10OS2/c1-16-24(42-26(31)35-16)22-11-13-33-28(37-22)39(19-7-9-21(41-3)10-8-19)40(20-6-4-5-18(30)15-20)29-34-14-12-23(38-29)25-17(2)36-27(32)43-25/h4-15H,1-3H3,(H2,31,35)(H2,32,36). The van der Waals surface area contributed by atoms with Crippen molar-refractivity contribution < 1.29 is 4.74 Å². The molecule has 0 radical (unpaired) electrons. The summed E-state index contributed by atoms with van der Waals surface area (Å²) < 4.78 is 5.43. The normalized spacial score (nSPS) is 11.0. The topological polar surface area (TPSA) is 145 Å². The number of ether oxygens (including phenoxy) is 1. The number of nitrogens with two attached hydrogens (primary N) is 2. The van der Waals surface area contributed by atoms with Gasteiger partial charge in [0.05, 0.1) is 51.0 Å². The molecule has 11 nitrogen and oxygen atoms in total. The van der Waals surface area contributed by atoms with Gasteiger partial charge in [-0.2, -0.15) is 0 Å². The van der Waals surface area contributed by atoms with Crippen molar-refractivity contribution in [2.75, 3.05) is 28.6 Å². The van der Waals surface area contributed by atoms with Gasteiger partial charge in [0.25, 0.3) is 0 Å². The molecule has 14 heteroatoms. The van der Waals surface area contributed by atoms with Crippen molar-refractivity contribution in [2.45, 2.75) is 13.8 Å². The van der Waals surface area contributed by atoms with Crippen molar-refractivity contribution in [3.8, 4) is 26.9 Å². The summed E-state index contributed by atoms with van der Waals surface area (Å²) in [5, 5.41) is 5.09. The van der Waals surface area contributed by atoms with Gasteiger partial charge < -0.3 is 16.2 Å². The van der Waals surface area contributed by atoms with Crippen molar-refractivity contribution in [3.05, 3.63) is 89.5 Å². The highest BCUT2D eigenvalue weighted by molar-refractivity contribution is 7.19. The van der Waals surface area contributed by atoms with E-state index in [0.717, 1.165) is 21.1 Å². The zero-order valence-electron chi connectivity index (χ0n) is 23.3. The van der Waals surface area contributed by atoms with Crippen molar-refractivity contribution in [3.63, 3.8) is 0 Å². The number of thiazole rings is 2. The minimum Gasteiger partial charge on any atom is -0.497 e. The highest BCUT2D eigenvalue weighted by atomic mass is 35.5. The van der Waals surface area contributed by atoms with E-state index in [1.165, 1.54) is 22.7 Å². The Morgan fingerprint density at radius 3 is 1.70 bits per heavy atom. The van der Waals surface area contributed by atoms with Crippen LogP contribution < -0.4 is 26.2 Å². The van der Waals surface area contributed by atoms with Crippen LogP contribution in [-0.2, 0) is 0 Å². The van der Waals surface area contributed by atoms with Gasteiger partial charge in [-0.1, -0.05) is 40.3 Å². The van der Waals surface area contributed by atoms with Gasteiger partial charge in [-0.3, -0.25) is 0 Å². The molecule has 2 aromatic carbocycles. The van der Waals surface area contributed by atoms with Crippen LogP contribution in [0.4, 0.5) is 33.5 Å². The summed E-state index contributed by atoms with van der Waals surface area (Å²) in [6.45, 7) is 3.80. The average Bonchev–Trinajstić information content (AvgIpc) is 3.54. The molecule has 0 unspecified atom stereocenters. The van der Waals surface area contributed by atoms with Crippen LogP contribution in [0.15, 0.2) is 73.1 Å². The number of benzene rings is 2. The molecule has 4 N–H and O–H groups in total. The summed E-state index contributed by atoms with van der Waals surface area (Å²) in [6.07, 6.45) is 3.39. The van der Waals surface area contributed by atoms with Crippen molar-refractivity contribution in [1.29, 1.82) is 0 Å². The lowest BCUT2D eigenvalue weighted by atomic mass is 10.2. The molecule has 4 heterocycles. The van der Waals surface area contributed by atoms with E-state index in [9.17, 15) is 0 Å². The predicted octanol–water partition coefficient (Wildman–Crippen LogP) is 6.85. The number of hydrogen-bond acceptors (Lipinski definition) is 13. The molecule has 43 heavy (non-hydrogen) atoms. The van der Waals surface area contributed by atoms with Gasteiger partial charge in [-0.15, -0.1) is 0 Å². The maximum absolute atomic E-state index is 6.52. The lowest BCUT2D eigenvalue weighted by Crippen LogP contribution is -2.38. The fourth-order valence-corrected chi connectivity index (χ4v) is 6.23. The second-order valence-electron chi connectivity index (χ2n) is 9.22. The van der Waals surface area contributed by atoms with Gasteiger partial charge >= 0.3 is 0 Å². The van der Waals surface area contributed by atoms with E-state index in [-0.39, 0.29) is 0 Å². The van der Waals surface area contributed by atoms with E-state index < -0.39 is 0 Å². The summed E-state index contributed by atoms with van der Waals surface area (Å²) in [6, 6.07) is 18.6. The second kappa shape index (κ2) is 11.8. The molecule has 0 saturated carbocycles. The molecule has 0 saturated heterocycles. The molecule has 0 atom stereocenters. The van der Waals surface area contributed by atoms with Gasteiger partial charge in [0.1, 0.15) is 5.75 Å². The third kappa shape index (κ3) is 5.78. The number of aromatic nitrogens is 6. The van der Waals surface area contributed by atoms with Gasteiger partial charge in [-0.25, -0.2) is 39.9 Å². The van der Waals surface area contributed by atoms with E-state index in [4.69, 9.17) is 42.8 Å². The molecule has 6 aromatic rings. The van der Waals surface area contributed by atoms with Crippen LogP contribution in [0.2, 0.25) is 5.02 Å². The Morgan fingerprint density at radius 1 is 0.698 bits per heavy atom. The zero-order chi connectivity index (χ0) is 30.1. The minimum atomic E-state index is 0.342. The number of rotatable bonds is 8. The van der Waals surface area contributed by atoms with Gasteiger partial charge in [0.15, 0.2) is 10.3 Å². The first-order valence-corrected chi connectivity index (χ1v) is 14.9. The first kappa shape index (κ1) is 28.3. The highest BCUT2D eigenvalue weighted by Gasteiger charge is 2.27.